The van der Waals surface area contributed by atoms with E-state index in [0.29, 0.717) is 13.0 Å². The largest absolute Gasteiger partial charge is 0.494 e. The molecule has 0 radical (unpaired) electrons. The number of benzene rings is 1. The zero-order valence-electron chi connectivity index (χ0n) is 14.6. The highest BCUT2D eigenvalue weighted by Gasteiger charge is 2.12. The van der Waals surface area contributed by atoms with Crippen LogP contribution in [-0.4, -0.2) is 42.4 Å². The Balaban J connectivity index is 2.45. The van der Waals surface area contributed by atoms with E-state index in [1.54, 1.807) is 0 Å². The van der Waals surface area contributed by atoms with Gasteiger partial charge in [-0.3, -0.25) is 0 Å². The van der Waals surface area contributed by atoms with Crippen LogP contribution in [0.2, 0.25) is 0 Å². The van der Waals surface area contributed by atoms with Crippen LogP contribution in [0, 0.1) is 0 Å². The molecule has 22 heavy (non-hydrogen) atoms. The minimum Gasteiger partial charge on any atom is -0.494 e. The van der Waals surface area contributed by atoms with E-state index in [1.807, 2.05) is 19.1 Å². The topological polar surface area (TPSA) is 32.7 Å². The summed E-state index contributed by atoms with van der Waals surface area (Å²) in [5.74, 6) is 0.897. The van der Waals surface area contributed by atoms with Gasteiger partial charge >= 0.3 is 0 Å². The first-order chi connectivity index (χ1) is 10.7. The number of nitrogens with zero attached hydrogens (tertiary/aromatic N) is 1. The lowest BCUT2D eigenvalue weighted by Gasteiger charge is -2.25. The molecular formula is C19H33NO2. The molecular weight excluding hydrogens is 274 g/mol. The SMILES string of the molecule is CCCCN(CCCC)CC(O)Cc1ccc(OCC)cc1. The summed E-state index contributed by atoms with van der Waals surface area (Å²) in [5.41, 5.74) is 1.17. The van der Waals surface area contributed by atoms with Crippen molar-refractivity contribution < 1.29 is 9.84 Å². The predicted molar refractivity (Wildman–Crippen MR) is 93.6 cm³/mol. The van der Waals surface area contributed by atoms with E-state index in [9.17, 15) is 5.11 Å². The van der Waals surface area contributed by atoms with Crippen molar-refractivity contribution in [1.82, 2.24) is 4.90 Å². The molecule has 0 spiro atoms. The summed E-state index contributed by atoms with van der Waals surface area (Å²) < 4.78 is 5.45. The second-order valence-electron chi connectivity index (χ2n) is 5.94. The molecule has 1 N–H and O–H groups in total. The highest BCUT2D eigenvalue weighted by atomic mass is 16.5. The number of rotatable bonds is 12. The van der Waals surface area contributed by atoms with E-state index in [-0.39, 0.29) is 6.10 Å². The summed E-state index contributed by atoms with van der Waals surface area (Å²) in [6, 6.07) is 8.07. The molecule has 0 aliphatic rings. The Bertz CT molecular complexity index is 370. The average Bonchev–Trinajstić information content (AvgIpc) is 2.52. The van der Waals surface area contributed by atoms with E-state index < -0.39 is 0 Å². The van der Waals surface area contributed by atoms with Gasteiger partial charge in [-0.15, -0.1) is 0 Å². The molecule has 0 aliphatic carbocycles. The van der Waals surface area contributed by atoms with Gasteiger partial charge < -0.3 is 14.7 Å². The van der Waals surface area contributed by atoms with Gasteiger partial charge in [0.15, 0.2) is 0 Å². The van der Waals surface area contributed by atoms with Crippen molar-refractivity contribution in [3.05, 3.63) is 29.8 Å². The van der Waals surface area contributed by atoms with Crippen LogP contribution in [-0.2, 0) is 6.42 Å². The van der Waals surface area contributed by atoms with Gasteiger partial charge in [-0.2, -0.15) is 0 Å². The zero-order valence-corrected chi connectivity index (χ0v) is 14.6. The van der Waals surface area contributed by atoms with E-state index in [1.165, 1.54) is 31.2 Å². The second kappa shape index (κ2) is 11.5. The Morgan fingerprint density at radius 1 is 1.00 bits per heavy atom. The van der Waals surface area contributed by atoms with E-state index >= 15 is 0 Å². The molecule has 1 aromatic rings. The van der Waals surface area contributed by atoms with Gasteiger partial charge in [-0.05, 0) is 57.0 Å². The quantitative estimate of drug-likeness (QED) is 0.636. The Morgan fingerprint density at radius 2 is 1.59 bits per heavy atom. The van der Waals surface area contributed by atoms with Crippen LogP contribution in [0.5, 0.6) is 5.75 Å². The van der Waals surface area contributed by atoms with Gasteiger partial charge in [0.05, 0.1) is 12.7 Å². The van der Waals surface area contributed by atoms with Crippen molar-refractivity contribution in [2.24, 2.45) is 0 Å². The monoisotopic (exact) mass is 307 g/mol. The number of hydrogen-bond donors (Lipinski definition) is 1. The Hall–Kier alpha value is -1.06. The maximum absolute atomic E-state index is 10.4. The van der Waals surface area contributed by atoms with Crippen molar-refractivity contribution in [2.45, 2.75) is 59.0 Å². The first-order valence-electron chi connectivity index (χ1n) is 8.81. The number of aliphatic hydroxyl groups excluding tert-OH is 1. The third-order valence-electron chi connectivity index (χ3n) is 3.83. The minimum atomic E-state index is -0.299. The van der Waals surface area contributed by atoms with Gasteiger partial charge in [0.25, 0.3) is 0 Å². The van der Waals surface area contributed by atoms with Crippen molar-refractivity contribution in [1.29, 1.82) is 0 Å². The molecule has 1 rings (SSSR count). The molecule has 3 heteroatoms. The Morgan fingerprint density at radius 3 is 2.09 bits per heavy atom. The number of ether oxygens (including phenoxy) is 1. The number of unbranched alkanes of at least 4 members (excludes halogenated alkanes) is 2. The average molecular weight is 307 g/mol. The fourth-order valence-electron chi connectivity index (χ4n) is 2.58. The van der Waals surface area contributed by atoms with Gasteiger partial charge in [0.1, 0.15) is 5.75 Å². The summed E-state index contributed by atoms with van der Waals surface area (Å²) in [5, 5.41) is 10.4. The van der Waals surface area contributed by atoms with Crippen LogP contribution in [0.4, 0.5) is 0 Å². The van der Waals surface area contributed by atoms with E-state index in [4.69, 9.17) is 4.74 Å². The molecule has 126 valence electrons. The molecule has 0 aromatic heterocycles. The fourth-order valence-corrected chi connectivity index (χ4v) is 2.58. The molecule has 0 heterocycles. The van der Waals surface area contributed by atoms with Crippen LogP contribution in [0.15, 0.2) is 24.3 Å². The smallest absolute Gasteiger partial charge is 0.119 e. The summed E-state index contributed by atoms with van der Waals surface area (Å²) in [6.45, 7) is 10.1. The molecule has 3 nitrogen and oxygen atoms in total. The van der Waals surface area contributed by atoms with E-state index in [0.717, 1.165) is 25.4 Å². The number of aliphatic hydroxyl groups is 1. The van der Waals surface area contributed by atoms with Crippen LogP contribution in [0.3, 0.4) is 0 Å². The summed E-state index contributed by atoms with van der Waals surface area (Å²) >= 11 is 0. The highest BCUT2D eigenvalue weighted by Crippen LogP contribution is 2.14. The maximum Gasteiger partial charge on any atom is 0.119 e. The molecule has 1 atom stereocenters. The predicted octanol–water partition coefficient (Wildman–Crippen LogP) is 3.89. The molecule has 0 amide bonds. The Labute approximate surface area is 136 Å². The lowest BCUT2D eigenvalue weighted by atomic mass is 10.1. The van der Waals surface area contributed by atoms with Crippen molar-refractivity contribution >= 4 is 0 Å². The zero-order chi connectivity index (χ0) is 16.2. The standard InChI is InChI=1S/C19H33NO2/c1-4-7-13-20(14-8-5-2)16-18(21)15-17-9-11-19(12-10-17)22-6-3/h9-12,18,21H,4-8,13-16H2,1-3H3. The summed E-state index contributed by atoms with van der Waals surface area (Å²) in [6.07, 6.45) is 5.24. The third-order valence-corrected chi connectivity index (χ3v) is 3.83. The highest BCUT2D eigenvalue weighted by molar-refractivity contribution is 5.27. The molecule has 1 aromatic carbocycles. The van der Waals surface area contributed by atoms with Crippen molar-refractivity contribution in [3.63, 3.8) is 0 Å². The van der Waals surface area contributed by atoms with Crippen LogP contribution in [0.1, 0.15) is 52.0 Å². The molecule has 0 saturated carbocycles. The Kier molecular flexibility index (Phi) is 9.93. The third kappa shape index (κ3) is 7.81. The van der Waals surface area contributed by atoms with Gasteiger partial charge in [0, 0.05) is 6.54 Å². The minimum absolute atomic E-state index is 0.299. The summed E-state index contributed by atoms with van der Waals surface area (Å²) in [7, 11) is 0. The molecule has 0 saturated heterocycles. The number of hydrogen-bond acceptors (Lipinski definition) is 3. The first kappa shape index (κ1) is 19.0. The lowest BCUT2D eigenvalue weighted by molar-refractivity contribution is 0.110. The van der Waals surface area contributed by atoms with Gasteiger partial charge in [-0.1, -0.05) is 38.8 Å². The molecule has 0 aliphatic heterocycles. The van der Waals surface area contributed by atoms with Crippen LogP contribution in [0.25, 0.3) is 0 Å². The molecule has 0 bridgehead atoms. The normalized spacial score (nSPS) is 12.6. The second-order valence-corrected chi connectivity index (χ2v) is 5.94. The van der Waals surface area contributed by atoms with Gasteiger partial charge in [0.2, 0.25) is 0 Å². The molecule has 1 unspecified atom stereocenters. The van der Waals surface area contributed by atoms with Gasteiger partial charge in [-0.25, -0.2) is 0 Å². The molecule has 0 fully saturated rings. The van der Waals surface area contributed by atoms with Crippen molar-refractivity contribution in [2.75, 3.05) is 26.2 Å². The summed E-state index contributed by atoms with van der Waals surface area (Å²) in [4.78, 5) is 2.41. The van der Waals surface area contributed by atoms with E-state index in [2.05, 4.69) is 30.9 Å². The van der Waals surface area contributed by atoms with Crippen molar-refractivity contribution in [3.8, 4) is 5.75 Å². The first-order valence-corrected chi connectivity index (χ1v) is 8.81. The maximum atomic E-state index is 10.4. The van der Waals surface area contributed by atoms with Crippen LogP contribution < -0.4 is 4.74 Å². The fraction of sp³-hybridized carbons (Fsp3) is 0.684. The lowest BCUT2D eigenvalue weighted by Crippen LogP contribution is -2.35. The van der Waals surface area contributed by atoms with Crippen LogP contribution >= 0.6 is 0 Å².